The number of rotatable bonds is 3. The zero-order chi connectivity index (χ0) is 13.3. The third kappa shape index (κ3) is 2.07. The number of H-pyrrole nitrogens is 1. The van der Waals surface area contributed by atoms with Gasteiger partial charge < -0.3 is 10.2 Å². The Hall–Kier alpha value is -1.92. The largest absolute Gasteiger partial charge is 0.348 e. The van der Waals surface area contributed by atoms with E-state index in [-0.39, 0.29) is 24.2 Å². The lowest BCUT2D eigenvalue weighted by molar-refractivity contribution is -0.128. The van der Waals surface area contributed by atoms with Crippen molar-refractivity contribution in [2.75, 3.05) is 7.05 Å². The Balaban J connectivity index is 1.99. The minimum absolute atomic E-state index is 0.000171. The van der Waals surface area contributed by atoms with Crippen molar-refractivity contribution in [2.24, 2.45) is 5.92 Å². The molecule has 18 heavy (non-hydrogen) atoms. The molecule has 2 rings (SSSR count). The van der Waals surface area contributed by atoms with Crippen LogP contribution in [0.25, 0.3) is 0 Å². The molecule has 1 atom stereocenters. The van der Waals surface area contributed by atoms with Crippen LogP contribution in [-0.2, 0) is 16.1 Å². The highest BCUT2D eigenvalue weighted by Crippen LogP contribution is 2.34. The molecule has 7 nitrogen and oxygen atoms in total. The van der Waals surface area contributed by atoms with Crippen LogP contribution in [-0.4, -0.2) is 44.5 Å². The van der Waals surface area contributed by atoms with Crippen molar-refractivity contribution in [1.82, 2.24) is 25.4 Å². The second kappa shape index (κ2) is 4.40. The Kier molecular flexibility index (Phi) is 3.06. The Morgan fingerprint density at radius 1 is 1.67 bits per heavy atom. The van der Waals surface area contributed by atoms with E-state index in [0.717, 1.165) is 0 Å². The zero-order valence-electron chi connectivity index (χ0n) is 10.7. The minimum atomic E-state index is -0.456. The molecule has 0 spiro atoms. The first-order valence-electron chi connectivity index (χ1n) is 5.81. The lowest BCUT2D eigenvalue weighted by Crippen LogP contribution is -2.46. The summed E-state index contributed by atoms with van der Waals surface area (Å²) in [6.45, 7) is 4.09. The average molecular weight is 251 g/mol. The first kappa shape index (κ1) is 12.5. The molecule has 1 aliphatic rings. The number of aromatic amines is 1. The normalized spacial score (nSPS) is 22.3. The Morgan fingerprint density at radius 3 is 2.89 bits per heavy atom. The summed E-state index contributed by atoms with van der Waals surface area (Å²) in [7, 11) is 1.73. The van der Waals surface area contributed by atoms with Gasteiger partial charge in [-0.25, -0.2) is 4.98 Å². The molecule has 1 aromatic heterocycles. The van der Waals surface area contributed by atoms with E-state index < -0.39 is 5.54 Å². The number of amides is 2. The van der Waals surface area contributed by atoms with Crippen molar-refractivity contribution in [3.05, 3.63) is 12.2 Å². The van der Waals surface area contributed by atoms with Crippen LogP contribution in [0.4, 0.5) is 0 Å². The summed E-state index contributed by atoms with van der Waals surface area (Å²) in [5.74, 6) is 0.130. The third-order valence-electron chi connectivity index (χ3n) is 3.68. The molecule has 0 radical (unpaired) electrons. The van der Waals surface area contributed by atoms with Crippen LogP contribution >= 0.6 is 0 Å². The highest BCUT2D eigenvalue weighted by atomic mass is 16.2. The predicted molar refractivity (Wildman–Crippen MR) is 63.2 cm³/mol. The molecule has 1 unspecified atom stereocenters. The molecule has 0 bridgehead atoms. The van der Waals surface area contributed by atoms with Gasteiger partial charge in [0.2, 0.25) is 11.8 Å². The molecule has 0 aromatic carbocycles. The van der Waals surface area contributed by atoms with Crippen LogP contribution in [0.15, 0.2) is 6.33 Å². The van der Waals surface area contributed by atoms with Gasteiger partial charge in [-0.2, -0.15) is 5.10 Å². The number of nitrogens with zero attached hydrogens (tertiary/aromatic N) is 3. The fourth-order valence-corrected chi connectivity index (χ4v) is 2.14. The summed E-state index contributed by atoms with van der Waals surface area (Å²) in [5, 5.41) is 9.14. The first-order valence-corrected chi connectivity index (χ1v) is 5.81. The smallest absolute Gasteiger partial charge is 0.226 e. The predicted octanol–water partition coefficient (Wildman–Crippen LogP) is -0.322. The SMILES string of the molecule is CN1C(=O)CC(C(=O)NCc2ncn[nH]2)C1(C)C. The molecule has 98 valence electrons. The number of aromatic nitrogens is 3. The summed E-state index contributed by atoms with van der Waals surface area (Å²) >= 11 is 0. The van der Waals surface area contributed by atoms with Crippen molar-refractivity contribution >= 4 is 11.8 Å². The quantitative estimate of drug-likeness (QED) is 0.770. The van der Waals surface area contributed by atoms with Crippen molar-refractivity contribution in [1.29, 1.82) is 0 Å². The Morgan fingerprint density at radius 2 is 2.39 bits per heavy atom. The van der Waals surface area contributed by atoms with Crippen molar-refractivity contribution in [2.45, 2.75) is 32.4 Å². The van der Waals surface area contributed by atoms with Crippen LogP contribution in [0.1, 0.15) is 26.1 Å². The molecule has 2 heterocycles. The number of likely N-dealkylation sites (tertiary alicyclic amines) is 1. The van der Waals surface area contributed by atoms with Gasteiger partial charge in [-0.3, -0.25) is 14.7 Å². The number of nitrogens with one attached hydrogen (secondary N) is 2. The molecular formula is C11H17N5O2. The maximum Gasteiger partial charge on any atom is 0.226 e. The van der Waals surface area contributed by atoms with E-state index in [9.17, 15) is 9.59 Å². The van der Waals surface area contributed by atoms with Gasteiger partial charge in [-0.05, 0) is 13.8 Å². The Bertz CT molecular complexity index is 454. The van der Waals surface area contributed by atoms with Gasteiger partial charge in [0.1, 0.15) is 12.2 Å². The van der Waals surface area contributed by atoms with Crippen LogP contribution in [0.3, 0.4) is 0 Å². The molecular weight excluding hydrogens is 234 g/mol. The second-order valence-electron chi connectivity index (χ2n) is 5.01. The zero-order valence-corrected chi connectivity index (χ0v) is 10.7. The maximum absolute atomic E-state index is 12.1. The lowest BCUT2D eigenvalue weighted by atomic mass is 9.88. The summed E-state index contributed by atoms with van der Waals surface area (Å²) in [4.78, 5) is 29.3. The molecule has 2 N–H and O–H groups in total. The van der Waals surface area contributed by atoms with E-state index in [1.54, 1.807) is 11.9 Å². The van der Waals surface area contributed by atoms with Crippen molar-refractivity contribution in [3.8, 4) is 0 Å². The van der Waals surface area contributed by atoms with Gasteiger partial charge in [0.25, 0.3) is 0 Å². The van der Waals surface area contributed by atoms with E-state index >= 15 is 0 Å². The molecule has 0 saturated carbocycles. The van der Waals surface area contributed by atoms with Gasteiger partial charge in [0, 0.05) is 19.0 Å². The fraction of sp³-hybridized carbons (Fsp3) is 0.636. The molecule has 1 saturated heterocycles. The minimum Gasteiger partial charge on any atom is -0.348 e. The monoisotopic (exact) mass is 251 g/mol. The fourth-order valence-electron chi connectivity index (χ4n) is 2.14. The highest BCUT2D eigenvalue weighted by molar-refractivity contribution is 5.90. The lowest BCUT2D eigenvalue weighted by Gasteiger charge is -2.32. The van der Waals surface area contributed by atoms with E-state index in [4.69, 9.17) is 0 Å². The van der Waals surface area contributed by atoms with E-state index in [2.05, 4.69) is 20.5 Å². The summed E-state index contributed by atoms with van der Waals surface area (Å²) in [5.41, 5.74) is -0.456. The number of hydrogen-bond donors (Lipinski definition) is 2. The Labute approximate surface area is 105 Å². The third-order valence-corrected chi connectivity index (χ3v) is 3.68. The van der Waals surface area contributed by atoms with Crippen molar-refractivity contribution < 1.29 is 9.59 Å². The van der Waals surface area contributed by atoms with Gasteiger partial charge in [-0.1, -0.05) is 0 Å². The standard InChI is InChI=1S/C11H17N5O2/c1-11(2)7(4-9(17)16(11)3)10(18)12-5-8-13-6-14-15-8/h6-7H,4-5H2,1-3H3,(H,12,18)(H,13,14,15). The van der Waals surface area contributed by atoms with E-state index in [1.165, 1.54) is 6.33 Å². The molecule has 0 aliphatic carbocycles. The molecule has 7 heteroatoms. The number of hydrogen-bond acceptors (Lipinski definition) is 4. The average Bonchev–Trinajstić information content (AvgIpc) is 2.90. The summed E-state index contributed by atoms with van der Waals surface area (Å²) in [6.07, 6.45) is 1.64. The van der Waals surface area contributed by atoms with E-state index in [0.29, 0.717) is 12.4 Å². The molecule has 2 amide bonds. The van der Waals surface area contributed by atoms with Gasteiger partial charge in [0.05, 0.1) is 12.5 Å². The maximum atomic E-state index is 12.1. The van der Waals surface area contributed by atoms with Crippen LogP contribution in [0.2, 0.25) is 0 Å². The van der Waals surface area contributed by atoms with Gasteiger partial charge >= 0.3 is 0 Å². The topological polar surface area (TPSA) is 91.0 Å². The summed E-state index contributed by atoms with van der Waals surface area (Å²) < 4.78 is 0. The molecule has 1 fully saturated rings. The first-order chi connectivity index (χ1) is 8.43. The van der Waals surface area contributed by atoms with Crippen LogP contribution in [0, 0.1) is 5.92 Å². The highest BCUT2D eigenvalue weighted by Gasteiger charge is 2.47. The molecule has 1 aliphatic heterocycles. The van der Waals surface area contributed by atoms with Crippen LogP contribution < -0.4 is 5.32 Å². The number of carbonyl (C=O) groups is 2. The molecule has 1 aromatic rings. The second-order valence-corrected chi connectivity index (χ2v) is 5.01. The van der Waals surface area contributed by atoms with Crippen LogP contribution in [0.5, 0.6) is 0 Å². The van der Waals surface area contributed by atoms with Gasteiger partial charge in [0.15, 0.2) is 0 Å². The number of carbonyl (C=O) groups excluding carboxylic acids is 2. The van der Waals surface area contributed by atoms with E-state index in [1.807, 2.05) is 13.8 Å². The summed E-state index contributed by atoms with van der Waals surface area (Å²) in [6, 6.07) is 0. The van der Waals surface area contributed by atoms with Crippen molar-refractivity contribution in [3.63, 3.8) is 0 Å². The van der Waals surface area contributed by atoms with Gasteiger partial charge in [-0.15, -0.1) is 0 Å².